The number of amides is 1. The van der Waals surface area contributed by atoms with Crippen LogP contribution >= 0.6 is 0 Å². The molecule has 0 fully saturated rings. The zero-order valence-electron chi connectivity index (χ0n) is 14.0. The zero-order chi connectivity index (χ0) is 17.3. The Kier molecular flexibility index (Phi) is 4.20. The first-order valence-corrected chi connectivity index (χ1v) is 7.86. The molecule has 0 aliphatic heterocycles. The minimum Gasteiger partial charge on any atom is -0.325 e. The van der Waals surface area contributed by atoms with Crippen molar-refractivity contribution in [3.05, 3.63) is 58.6 Å². The van der Waals surface area contributed by atoms with Crippen LogP contribution in [0.4, 0.5) is 5.69 Å². The van der Waals surface area contributed by atoms with E-state index in [-0.39, 0.29) is 18.0 Å². The van der Waals surface area contributed by atoms with E-state index in [0.29, 0.717) is 11.6 Å². The molecule has 0 saturated heterocycles. The standard InChI is InChI=1S/C18H20N4O2/c1-12(2)13-4-6-14(7-5-13)20-16(23)10-22-11-19-18-15(22)8-9-17(24)21(18)3/h4-9,11-12H,10H2,1-3H3,(H,20,23). The third-order valence-electron chi connectivity index (χ3n) is 4.07. The number of imidazole rings is 1. The number of fused-ring (bicyclic) bond motifs is 1. The maximum absolute atomic E-state index is 12.3. The normalized spacial score (nSPS) is 11.2. The molecule has 0 radical (unpaired) electrons. The molecule has 24 heavy (non-hydrogen) atoms. The molecule has 1 amide bonds. The van der Waals surface area contributed by atoms with Crippen molar-refractivity contribution in [2.45, 2.75) is 26.3 Å². The smallest absolute Gasteiger partial charge is 0.252 e. The fraction of sp³-hybridized carbons (Fsp3) is 0.278. The minimum absolute atomic E-state index is 0.123. The molecule has 3 aromatic rings. The number of aromatic nitrogens is 3. The van der Waals surface area contributed by atoms with E-state index < -0.39 is 0 Å². The molecule has 6 nitrogen and oxygen atoms in total. The molecular formula is C18H20N4O2. The summed E-state index contributed by atoms with van der Waals surface area (Å²) in [6.45, 7) is 4.40. The fourth-order valence-electron chi connectivity index (χ4n) is 2.61. The monoisotopic (exact) mass is 324 g/mol. The van der Waals surface area contributed by atoms with Gasteiger partial charge < -0.3 is 9.88 Å². The van der Waals surface area contributed by atoms with Crippen LogP contribution < -0.4 is 10.9 Å². The lowest BCUT2D eigenvalue weighted by Gasteiger charge is -2.09. The molecule has 0 unspecified atom stereocenters. The van der Waals surface area contributed by atoms with Crippen LogP contribution in [0.1, 0.15) is 25.3 Å². The number of rotatable bonds is 4. The summed E-state index contributed by atoms with van der Waals surface area (Å²) in [5.74, 6) is 0.319. The second-order valence-corrected chi connectivity index (χ2v) is 6.14. The van der Waals surface area contributed by atoms with Crippen molar-refractivity contribution < 1.29 is 4.79 Å². The van der Waals surface area contributed by atoms with E-state index in [4.69, 9.17) is 0 Å². The number of carbonyl (C=O) groups excluding carboxylic acids is 1. The Hall–Kier alpha value is -2.89. The summed E-state index contributed by atoms with van der Waals surface area (Å²) in [5, 5.41) is 2.88. The summed E-state index contributed by atoms with van der Waals surface area (Å²) in [7, 11) is 1.67. The van der Waals surface area contributed by atoms with E-state index in [1.807, 2.05) is 24.3 Å². The van der Waals surface area contributed by atoms with Crippen LogP contribution in [-0.2, 0) is 18.4 Å². The number of benzene rings is 1. The summed E-state index contributed by atoms with van der Waals surface area (Å²) in [4.78, 5) is 28.1. The predicted octanol–water partition coefficient (Wildman–Crippen LogP) is 2.50. The van der Waals surface area contributed by atoms with Crippen LogP contribution in [0.2, 0.25) is 0 Å². The Morgan fingerprint density at radius 3 is 2.54 bits per heavy atom. The van der Waals surface area contributed by atoms with Crippen LogP contribution in [0.5, 0.6) is 0 Å². The van der Waals surface area contributed by atoms with Gasteiger partial charge in [0.15, 0.2) is 5.65 Å². The second-order valence-electron chi connectivity index (χ2n) is 6.14. The number of anilines is 1. The number of pyridine rings is 1. The highest BCUT2D eigenvalue weighted by Gasteiger charge is 2.10. The average Bonchev–Trinajstić information content (AvgIpc) is 2.95. The number of hydrogen-bond donors (Lipinski definition) is 1. The van der Waals surface area contributed by atoms with Gasteiger partial charge in [-0.05, 0) is 29.7 Å². The molecule has 0 aliphatic rings. The lowest BCUT2D eigenvalue weighted by atomic mass is 10.0. The first-order chi connectivity index (χ1) is 11.5. The van der Waals surface area contributed by atoms with E-state index in [9.17, 15) is 9.59 Å². The molecule has 6 heteroatoms. The van der Waals surface area contributed by atoms with Gasteiger partial charge in [0.1, 0.15) is 6.54 Å². The predicted molar refractivity (Wildman–Crippen MR) is 94.1 cm³/mol. The number of nitrogens with one attached hydrogen (secondary N) is 1. The van der Waals surface area contributed by atoms with E-state index in [1.54, 1.807) is 24.0 Å². The Balaban J connectivity index is 1.75. The van der Waals surface area contributed by atoms with Crippen molar-refractivity contribution in [3.63, 3.8) is 0 Å². The van der Waals surface area contributed by atoms with Gasteiger partial charge in [-0.3, -0.25) is 14.2 Å². The van der Waals surface area contributed by atoms with Crippen molar-refractivity contribution in [2.75, 3.05) is 5.32 Å². The van der Waals surface area contributed by atoms with Crippen molar-refractivity contribution in [3.8, 4) is 0 Å². The van der Waals surface area contributed by atoms with Gasteiger partial charge in [0.05, 0.1) is 11.8 Å². The van der Waals surface area contributed by atoms with E-state index in [1.165, 1.54) is 16.2 Å². The molecule has 2 aromatic heterocycles. The number of carbonyl (C=O) groups is 1. The first-order valence-electron chi connectivity index (χ1n) is 7.86. The summed E-state index contributed by atoms with van der Waals surface area (Å²) >= 11 is 0. The van der Waals surface area contributed by atoms with Gasteiger partial charge in [-0.25, -0.2) is 4.98 Å². The average molecular weight is 324 g/mol. The SMILES string of the molecule is CC(C)c1ccc(NC(=O)Cn2cnc3c2ccc(=O)n3C)cc1. The highest BCUT2D eigenvalue weighted by atomic mass is 16.2. The van der Waals surface area contributed by atoms with E-state index in [0.717, 1.165) is 11.2 Å². The van der Waals surface area contributed by atoms with Crippen LogP contribution in [0.3, 0.4) is 0 Å². The van der Waals surface area contributed by atoms with Crippen LogP contribution in [0.15, 0.2) is 47.5 Å². The van der Waals surface area contributed by atoms with E-state index in [2.05, 4.69) is 24.1 Å². The topological polar surface area (TPSA) is 68.9 Å². The molecule has 1 N–H and O–H groups in total. The van der Waals surface area contributed by atoms with Crippen LogP contribution in [-0.4, -0.2) is 20.0 Å². The van der Waals surface area contributed by atoms with Crippen molar-refractivity contribution in [1.29, 1.82) is 0 Å². The summed E-state index contributed by atoms with van der Waals surface area (Å²) < 4.78 is 3.20. The molecule has 0 bridgehead atoms. The molecule has 0 spiro atoms. The molecular weight excluding hydrogens is 304 g/mol. The quantitative estimate of drug-likeness (QED) is 0.801. The first kappa shape index (κ1) is 16.0. The molecule has 3 rings (SSSR count). The van der Waals surface area contributed by atoms with Crippen molar-refractivity contribution in [2.24, 2.45) is 7.05 Å². The zero-order valence-corrected chi connectivity index (χ0v) is 14.0. The minimum atomic E-state index is -0.138. The Morgan fingerprint density at radius 2 is 1.88 bits per heavy atom. The third-order valence-corrected chi connectivity index (χ3v) is 4.07. The van der Waals surface area contributed by atoms with E-state index >= 15 is 0 Å². The van der Waals surface area contributed by atoms with Gasteiger partial charge in [0, 0.05) is 18.8 Å². The van der Waals surface area contributed by atoms with Gasteiger partial charge in [-0.1, -0.05) is 26.0 Å². The lowest BCUT2D eigenvalue weighted by Crippen LogP contribution is -2.19. The highest BCUT2D eigenvalue weighted by molar-refractivity contribution is 5.91. The van der Waals surface area contributed by atoms with Gasteiger partial charge in [-0.15, -0.1) is 0 Å². The van der Waals surface area contributed by atoms with Gasteiger partial charge in [0.2, 0.25) is 5.91 Å². The Bertz CT molecular complexity index is 936. The number of nitrogens with zero attached hydrogens (tertiary/aromatic N) is 3. The second kappa shape index (κ2) is 6.31. The maximum Gasteiger partial charge on any atom is 0.252 e. The summed E-state index contributed by atoms with van der Waals surface area (Å²) in [6.07, 6.45) is 1.57. The molecule has 1 aromatic carbocycles. The Morgan fingerprint density at radius 1 is 1.17 bits per heavy atom. The van der Waals surface area contributed by atoms with Gasteiger partial charge in [-0.2, -0.15) is 0 Å². The molecule has 124 valence electrons. The lowest BCUT2D eigenvalue weighted by molar-refractivity contribution is -0.116. The molecule has 0 aliphatic carbocycles. The maximum atomic E-state index is 12.3. The van der Waals surface area contributed by atoms with Crippen molar-refractivity contribution >= 4 is 22.8 Å². The number of hydrogen-bond acceptors (Lipinski definition) is 3. The third kappa shape index (κ3) is 3.08. The largest absolute Gasteiger partial charge is 0.325 e. The van der Waals surface area contributed by atoms with Crippen LogP contribution in [0, 0.1) is 0 Å². The molecule has 0 saturated carbocycles. The number of aryl methyl sites for hydroxylation is 1. The van der Waals surface area contributed by atoms with Gasteiger partial charge in [0.25, 0.3) is 5.56 Å². The fourth-order valence-corrected chi connectivity index (χ4v) is 2.61. The molecule has 0 atom stereocenters. The molecule has 2 heterocycles. The van der Waals surface area contributed by atoms with Crippen LogP contribution in [0.25, 0.3) is 11.2 Å². The Labute approximate surface area is 139 Å². The van der Waals surface area contributed by atoms with Crippen molar-refractivity contribution in [1.82, 2.24) is 14.1 Å². The highest BCUT2D eigenvalue weighted by Crippen LogP contribution is 2.17. The summed E-state index contributed by atoms with van der Waals surface area (Å²) in [6, 6.07) is 11.0. The summed E-state index contributed by atoms with van der Waals surface area (Å²) in [5.41, 5.74) is 3.19. The van der Waals surface area contributed by atoms with Gasteiger partial charge >= 0.3 is 0 Å².